The van der Waals surface area contributed by atoms with Crippen molar-refractivity contribution in [3.63, 3.8) is 0 Å². The molecule has 10 heteroatoms. The third kappa shape index (κ3) is 5.89. The summed E-state index contributed by atoms with van der Waals surface area (Å²) in [6.45, 7) is -0.716. The van der Waals surface area contributed by atoms with Gasteiger partial charge >= 0.3 is 18.1 Å². The van der Waals surface area contributed by atoms with Crippen LogP contribution in [0, 0.1) is 0 Å². The van der Waals surface area contributed by atoms with Gasteiger partial charge in [0.05, 0.1) is 17.3 Å². The van der Waals surface area contributed by atoms with Gasteiger partial charge in [-0.05, 0) is 42.0 Å². The molecule has 0 spiro atoms. The van der Waals surface area contributed by atoms with Crippen molar-refractivity contribution in [1.82, 2.24) is 0 Å². The number of carbonyl (C=O) groups is 2. The van der Waals surface area contributed by atoms with Crippen LogP contribution in [0.3, 0.4) is 0 Å². The van der Waals surface area contributed by atoms with Gasteiger partial charge in [-0.1, -0.05) is 48.5 Å². The number of hydrogen-bond acceptors (Lipinski definition) is 6. The monoisotopic (exact) mass is 497 g/mol. The maximum atomic E-state index is 12.3. The van der Waals surface area contributed by atoms with Crippen molar-refractivity contribution in [2.24, 2.45) is 10.7 Å². The zero-order valence-electron chi connectivity index (χ0n) is 18.9. The number of carbonyl (C=O) groups excluding carboxylic acids is 2. The second-order valence-corrected chi connectivity index (χ2v) is 7.95. The maximum absolute atomic E-state index is 12.3. The van der Waals surface area contributed by atoms with Gasteiger partial charge in [0.2, 0.25) is 0 Å². The smallest absolute Gasteiger partial charge is 0.457 e. The number of nitrogens with zero attached hydrogens (tertiary/aromatic N) is 2. The van der Waals surface area contributed by atoms with Crippen LogP contribution in [0.2, 0.25) is 0 Å². The van der Waals surface area contributed by atoms with Crippen molar-refractivity contribution in [2.45, 2.75) is 24.9 Å². The number of ether oxygens (including phenoxy) is 2. The molecular weight excluding hydrogens is 475 g/mol. The molecule has 1 heterocycles. The van der Waals surface area contributed by atoms with E-state index in [2.05, 4.69) is 9.64 Å². The summed E-state index contributed by atoms with van der Waals surface area (Å²) >= 11 is 0. The lowest BCUT2D eigenvalue weighted by atomic mass is 9.91. The Morgan fingerprint density at radius 3 is 2.19 bits per heavy atom. The molecule has 3 aromatic rings. The quantitative estimate of drug-likeness (QED) is 0.368. The molecule has 2 unspecified atom stereocenters. The van der Waals surface area contributed by atoms with Gasteiger partial charge < -0.3 is 14.4 Å². The molecular formula is C26H22F3N3O4. The van der Waals surface area contributed by atoms with Crippen molar-refractivity contribution in [3.05, 3.63) is 96.1 Å². The summed E-state index contributed by atoms with van der Waals surface area (Å²) in [6.07, 6.45) is -6.23. The van der Waals surface area contributed by atoms with E-state index in [9.17, 15) is 22.8 Å². The second-order valence-electron chi connectivity index (χ2n) is 7.95. The molecule has 0 aliphatic carbocycles. The SMILES string of the molecule is NC(COC(=O)c1ccc(C2CC(=Nc3ccccc3)N2c2ccccc2)cc1)OC(=O)C(F)(F)F. The zero-order chi connectivity index (χ0) is 25.7. The van der Waals surface area contributed by atoms with E-state index >= 15 is 0 Å². The topological polar surface area (TPSA) is 94.2 Å². The normalized spacial score (nSPS) is 17.3. The first-order valence-electron chi connectivity index (χ1n) is 11.0. The van der Waals surface area contributed by atoms with Crippen molar-refractivity contribution >= 4 is 29.1 Å². The Kier molecular flexibility index (Phi) is 7.35. The number of anilines is 1. The van der Waals surface area contributed by atoms with Crippen LogP contribution >= 0.6 is 0 Å². The van der Waals surface area contributed by atoms with E-state index in [1.54, 1.807) is 24.3 Å². The fourth-order valence-electron chi connectivity index (χ4n) is 3.69. The zero-order valence-corrected chi connectivity index (χ0v) is 18.9. The van der Waals surface area contributed by atoms with Crippen molar-refractivity contribution < 1.29 is 32.2 Å². The molecule has 0 radical (unpaired) electrons. The van der Waals surface area contributed by atoms with Gasteiger partial charge in [0.25, 0.3) is 0 Å². The van der Waals surface area contributed by atoms with Gasteiger partial charge in [-0.25, -0.2) is 14.6 Å². The number of halogens is 3. The Labute approximate surface area is 205 Å². The molecule has 2 N–H and O–H groups in total. The molecule has 1 saturated heterocycles. The van der Waals surface area contributed by atoms with Crippen LogP contribution in [0.25, 0.3) is 0 Å². The van der Waals surface area contributed by atoms with Gasteiger partial charge in [0, 0.05) is 12.1 Å². The van der Waals surface area contributed by atoms with E-state index in [1.165, 1.54) is 0 Å². The summed E-state index contributed by atoms with van der Waals surface area (Å²) in [5.41, 5.74) is 8.24. The number of para-hydroxylation sites is 2. The molecule has 36 heavy (non-hydrogen) atoms. The largest absolute Gasteiger partial charge is 0.490 e. The number of aliphatic imine (C=N–C) groups is 1. The van der Waals surface area contributed by atoms with Crippen molar-refractivity contribution in [1.29, 1.82) is 0 Å². The fraction of sp³-hybridized carbons (Fsp3) is 0.192. The first-order chi connectivity index (χ1) is 17.2. The van der Waals surface area contributed by atoms with E-state index in [4.69, 9.17) is 15.5 Å². The van der Waals surface area contributed by atoms with E-state index < -0.39 is 30.9 Å². The minimum absolute atomic E-state index is 0.00450. The van der Waals surface area contributed by atoms with Crippen LogP contribution < -0.4 is 10.6 Å². The molecule has 4 rings (SSSR count). The Balaban J connectivity index is 1.42. The summed E-state index contributed by atoms with van der Waals surface area (Å²) in [7, 11) is 0. The first kappa shape index (κ1) is 24.9. The number of nitrogens with two attached hydrogens (primary N) is 1. The maximum Gasteiger partial charge on any atom is 0.490 e. The summed E-state index contributed by atoms with van der Waals surface area (Å²) in [6, 6.07) is 26.1. The average molecular weight is 497 g/mol. The van der Waals surface area contributed by atoms with E-state index in [1.807, 2.05) is 60.7 Å². The molecule has 1 aliphatic rings. The molecule has 3 aromatic carbocycles. The lowest BCUT2D eigenvalue weighted by Gasteiger charge is -2.44. The Bertz CT molecular complexity index is 1230. The van der Waals surface area contributed by atoms with E-state index in [0.717, 1.165) is 22.8 Å². The number of benzene rings is 3. The van der Waals surface area contributed by atoms with Crippen LogP contribution in [0.4, 0.5) is 24.5 Å². The average Bonchev–Trinajstić information content (AvgIpc) is 2.85. The highest BCUT2D eigenvalue weighted by Gasteiger charge is 2.42. The van der Waals surface area contributed by atoms with Gasteiger partial charge in [0.15, 0.2) is 6.23 Å². The first-order valence-corrected chi connectivity index (χ1v) is 11.0. The van der Waals surface area contributed by atoms with Crippen LogP contribution in [-0.2, 0) is 14.3 Å². The molecule has 0 saturated carbocycles. The lowest BCUT2D eigenvalue weighted by Crippen LogP contribution is -2.46. The second kappa shape index (κ2) is 10.6. The standard InChI is InChI=1S/C26H22F3N3O4/c27-26(28,29)25(34)36-22(30)16-35-24(33)18-13-11-17(12-14-18)21-15-23(31-19-7-3-1-4-8-19)32(21)20-9-5-2-6-10-20/h1-14,21-22H,15-16,30H2. The van der Waals surface area contributed by atoms with Gasteiger partial charge in [0.1, 0.15) is 12.4 Å². The third-order valence-corrected chi connectivity index (χ3v) is 5.41. The molecule has 7 nitrogen and oxygen atoms in total. The van der Waals surface area contributed by atoms with E-state index in [0.29, 0.717) is 6.42 Å². The fourth-order valence-corrected chi connectivity index (χ4v) is 3.69. The minimum atomic E-state index is -5.18. The van der Waals surface area contributed by atoms with Crippen LogP contribution in [0.15, 0.2) is 89.9 Å². The number of hydrogen-bond donors (Lipinski definition) is 1. The van der Waals surface area contributed by atoms with E-state index in [-0.39, 0.29) is 11.6 Å². The highest BCUT2D eigenvalue weighted by molar-refractivity contribution is 6.06. The van der Waals surface area contributed by atoms with Crippen LogP contribution in [-0.4, -0.2) is 36.8 Å². The molecule has 0 bridgehead atoms. The Hall–Kier alpha value is -4.18. The summed E-state index contributed by atoms with van der Waals surface area (Å²) in [5.74, 6) is -2.35. The molecule has 0 amide bonds. The third-order valence-electron chi connectivity index (χ3n) is 5.41. The molecule has 186 valence electrons. The molecule has 1 fully saturated rings. The molecule has 2 atom stereocenters. The van der Waals surface area contributed by atoms with Crippen molar-refractivity contribution in [2.75, 3.05) is 11.5 Å². The molecule has 1 aliphatic heterocycles. The predicted octanol–water partition coefficient (Wildman–Crippen LogP) is 4.92. The minimum Gasteiger partial charge on any atom is -0.457 e. The van der Waals surface area contributed by atoms with Crippen molar-refractivity contribution in [3.8, 4) is 0 Å². The lowest BCUT2D eigenvalue weighted by molar-refractivity contribution is -0.206. The summed E-state index contributed by atoms with van der Waals surface area (Å²) < 4.78 is 45.6. The summed E-state index contributed by atoms with van der Waals surface area (Å²) in [5, 5.41) is 0. The highest BCUT2D eigenvalue weighted by Crippen LogP contribution is 2.40. The summed E-state index contributed by atoms with van der Waals surface area (Å²) in [4.78, 5) is 30.0. The number of alkyl halides is 3. The Morgan fingerprint density at radius 1 is 0.972 bits per heavy atom. The highest BCUT2D eigenvalue weighted by atomic mass is 19.4. The molecule has 0 aromatic heterocycles. The van der Waals surface area contributed by atoms with Gasteiger partial charge in [-0.2, -0.15) is 13.2 Å². The number of amidine groups is 1. The predicted molar refractivity (Wildman–Crippen MR) is 127 cm³/mol. The van der Waals surface area contributed by atoms with Crippen LogP contribution in [0.1, 0.15) is 28.4 Å². The number of rotatable bonds is 7. The van der Waals surface area contributed by atoms with Crippen LogP contribution in [0.5, 0.6) is 0 Å². The van der Waals surface area contributed by atoms with Gasteiger partial charge in [-0.3, -0.25) is 5.73 Å². The Morgan fingerprint density at radius 2 is 1.58 bits per heavy atom. The van der Waals surface area contributed by atoms with Gasteiger partial charge in [-0.15, -0.1) is 0 Å². The number of esters is 2.